The van der Waals surface area contributed by atoms with Crippen LogP contribution >= 0.6 is 11.6 Å². The molecule has 1 heterocycles. The van der Waals surface area contributed by atoms with Gasteiger partial charge in [0.05, 0.1) is 0 Å². The molecule has 0 aliphatic rings. The third-order valence-corrected chi connectivity index (χ3v) is 4.08. The normalized spacial score (nSPS) is 10.4. The molecule has 0 unspecified atom stereocenters. The zero-order chi connectivity index (χ0) is 18.4. The molecule has 26 heavy (non-hydrogen) atoms. The highest BCUT2D eigenvalue weighted by Crippen LogP contribution is 2.18. The van der Waals surface area contributed by atoms with E-state index in [2.05, 4.69) is 15.3 Å². The number of amides is 1. The molecule has 0 radical (unpaired) electrons. The van der Waals surface area contributed by atoms with Crippen molar-refractivity contribution in [2.75, 3.05) is 11.9 Å². The summed E-state index contributed by atoms with van der Waals surface area (Å²) in [6.45, 7) is 3.08. The van der Waals surface area contributed by atoms with E-state index in [9.17, 15) is 4.79 Å². The van der Waals surface area contributed by atoms with Crippen molar-refractivity contribution in [3.05, 3.63) is 83.1 Å². The van der Waals surface area contributed by atoms with E-state index < -0.39 is 0 Å². The molecule has 1 N–H and O–H groups in total. The molecule has 2 aromatic carbocycles. The van der Waals surface area contributed by atoms with E-state index in [1.807, 2.05) is 49.4 Å². The first kappa shape index (κ1) is 17.9. The van der Waals surface area contributed by atoms with Crippen LogP contribution in [0.5, 0.6) is 0 Å². The first-order valence-electron chi connectivity index (χ1n) is 8.34. The van der Waals surface area contributed by atoms with Gasteiger partial charge in [-0.15, -0.1) is 0 Å². The van der Waals surface area contributed by atoms with Crippen molar-refractivity contribution in [3.8, 4) is 0 Å². The SMILES string of the molecule is CCN(Cc1ccccc1)C(=O)c1ccnc(Nc2cccc(Cl)c2)n1. The molecule has 132 valence electrons. The number of anilines is 2. The first-order valence-corrected chi connectivity index (χ1v) is 8.72. The largest absolute Gasteiger partial charge is 0.333 e. The lowest BCUT2D eigenvalue weighted by molar-refractivity contribution is 0.0746. The summed E-state index contributed by atoms with van der Waals surface area (Å²) in [5.74, 6) is 0.224. The minimum Gasteiger partial charge on any atom is -0.333 e. The number of rotatable bonds is 6. The van der Waals surface area contributed by atoms with Crippen molar-refractivity contribution in [1.29, 1.82) is 0 Å². The van der Waals surface area contributed by atoms with Crippen LogP contribution in [-0.2, 0) is 6.54 Å². The number of carbonyl (C=O) groups excluding carboxylic acids is 1. The third-order valence-electron chi connectivity index (χ3n) is 3.84. The molecule has 3 aromatic rings. The molecule has 0 spiro atoms. The summed E-state index contributed by atoms with van der Waals surface area (Å²) in [5, 5.41) is 3.68. The van der Waals surface area contributed by atoms with Crippen molar-refractivity contribution < 1.29 is 4.79 Å². The monoisotopic (exact) mass is 366 g/mol. The van der Waals surface area contributed by atoms with Crippen LogP contribution in [0.2, 0.25) is 5.02 Å². The lowest BCUT2D eigenvalue weighted by Gasteiger charge is -2.20. The van der Waals surface area contributed by atoms with Gasteiger partial charge in [0.1, 0.15) is 5.69 Å². The molecule has 1 aromatic heterocycles. The zero-order valence-corrected chi connectivity index (χ0v) is 15.1. The van der Waals surface area contributed by atoms with Crippen molar-refractivity contribution in [2.24, 2.45) is 0 Å². The average molecular weight is 367 g/mol. The predicted octanol–water partition coefficient (Wildman–Crippen LogP) is 4.54. The molecule has 0 aliphatic carbocycles. The van der Waals surface area contributed by atoms with Gasteiger partial charge in [-0.05, 0) is 36.8 Å². The highest BCUT2D eigenvalue weighted by Gasteiger charge is 2.16. The Bertz CT molecular complexity index is 886. The van der Waals surface area contributed by atoms with Crippen molar-refractivity contribution in [1.82, 2.24) is 14.9 Å². The van der Waals surface area contributed by atoms with E-state index in [0.717, 1.165) is 11.3 Å². The molecule has 0 aliphatic heterocycles. The predicted molar refractivity (Wildman–Crippen MR) is 104 cm³/mol. The van der Waals surface area contributed by atoms with E-state index in [1.54, 1.807) is 29.3 Å². The quantitative estimate of drug-likeness (QED) is 0.696. The van der Waals surface area contributed by atoms with Crippen LogP contribution in [0.25, 0.3) is 0 Å². The van der Waals surface area contributed by atoms with Gasteiger partial charge in [0.2, 0.25) is 5.95 Å². The minimum atomic E-state index is -0.132. The Balaban J connectivity index is 1.76. The van der Waals surface area contributed by atoms with Gasteiger partial charge in [-0.25, -0.2) is 9.97 Å². The lowest BCUT2D eigenvalue weighted by atomic mass is 10.2. The number of nitrogens with zero attached hydrogens (tertiary/aromatic N) is 3. The molecule has 0 bridgehead atoms. The molecule has 5 nitrogen and oxygen atoms in total. The molecule has 0 saturated heterocycles. The maximum atomic E-state index is 12.8. The Morgan fingerprint density at radius 2 is 1.92 bits per heavy atom. The molecular formula is C20H19ClN4O. The highest BCUT2D eigenvalue weighted by atomic mass is 35.5. The van der Waals surface area contributed by atoms with Gasteiger partial charge in [-0.1, -0.05) is 48.0 Å². The van der Waals surface area contributed by atoms with E-state index in [-0.39, 0.29) is 5.91 Å². The number of carbonyl (C=O) groups is 1. The summed E-state index contributed by atoms with van der Waals surface area (Å²) in [5.41, 5.74) is 2.19. The highest BCUT2D eigenvalue weighted by molar-refractivity contribution is 6.30. The molecule has 6 heteroatoms. The summed E-state index contributed by atoms with van der Waals surface area (Å²) in [6.07, 6.45) is 1.57. The molecule has 0 saturated carbocycles. The smallest absolute Gasteiger partial charge is 0.272 e. The number of hydrogen-bond acceptors (Lipinski definition) is 4. The Labute approximate surface area is 157 Å². The van der Waals surface area contributed by atoms with E-state index in [1.165, 1.54) is 0 Å². The number of aromatic nitrogens is 2. The Morgan fingerprint density at radius 3 is 2.65 bits per heavy atom. The summed E-state index contributed by atoms with van der Waals surface area (Å²) in [4.78, 5) is 23.1. The van der Waals surface area contributed by atoms with Crippen LogP contribution in [0.4, 0.5) is 11.6 Å². The first-order chi connectivity index (χ1) is 12.7. The fourth-order valence-corrected chi connectivity index (χ4v) is 2.72. The lowest BCUT2D eigenvalue weighted by Crippen LogP contribution is -2.31. The van der Waals surface area contributed by atoms with Crippen molar-refractivity contribution in [3.63, 3.8) is 0 Å². The number of halogens is 1. The van der Waals surface area contributed by atoms with Gasteiger partial charge in [-0.2, -0.15) is 0 Å². The van der Waals surface area contributed by atoms with Gasteiger partial charge >= 0.3 is 0 Å². The van der Waals surface area contributed by atoms with E-state index in [0.29, 0.717) is 29.8 Å². The van der Waals surface area contributed by atoms with Crippen LogP contribution in [0.15, 0.2) is 66.9 Å². The number of benzene rings is 2. The van der Waals surface area contributed by atoms with Crippen molar-refractivity contribution in [2.45, 2.75) is 13.5 Å². The number of hydrogen-bond donors (Lipinski definition) is 1. The molecule has 1 amide bonds. The second-order valence-electron chi connectivity index (χ2n) is 5.71. The average Bonchev–Trinajstić information content (AvgIpc) is 2.66. The Morgan fingerprint density at radius 1 is 1.12 bits per heavy atom. The van der Waals surface area contributed by atoms with Crippen LogP contribution in [-0.4, -0.2) is 27.3 Å². The summed E-state index contributed by atoms with van der Waals surface area (Å²) >= 11 is 5.99. The summed E-state index contributed by atoms with van der Waals surface area (Å²) in [6, 6.07) is 18.8. The topological polar surface area (TPSA) is 58.1 Å². The van der Waals surface area contributed by atoms with Gasteiger partial charge in [0.25, 0.3) is 5.91 Å². The number of nitrogens with one attached hydrogen (secondary N) is 1. The van der Waals surface area contributed by atoms with Crippen LogP contribution in [0.3, 0.4) is 0 Å². The van der Waals surface area contributed by atoms with Gasteiger partial charge in [0.15, 0.2) is 0 Å². The Kier molecular flexibility index (Phi) is 5.81. The minimum absolute atomic E-state index is 0.132. The molecule has 3 rings (SSSR count). The third kappa shape index (κ3) is 4.58. The Hall–Kier alpha value is -2.92. The molecule has 0 atom stereocenters. The van der Waals surface area contributed by atoms with Crippen molar-refractivity contribution >= 4 is 29.1 Å². The summed E-state index contributed by atoms with van der Waals surface area (Å²) < 4.78 is 0. The molecular weight excluding hydrogens is 348 g/mol. The van der Waals surface area contributed by atoms with E-state index in [4.69, 9.17) is 11.6 Å². The van der Waals surface area contributed by atoms with Gasteiger partial charge < -0.3 is 10.2 Å². The maximum Gasteiger partial charge on any atom is 0.272 e. The van der Waals surface area contributed by atoms with Crippen LogP contribution < -0.4 is 5.32 Å². The van der Waals surface area contributed by atoms with Crippen LogP contribution in [0, 0.1) is 0 Å². The maximum absolute atomic E-state index is 12.8. The second kappa shape index (κ2) is 8.45. The fourth-order valence-electron chi connectivity index (χ4n) is 2.53. The zero-order valence-electron chi connectivity index (χ0n) is 14.4. The standard InChI is InChI=1S/C20H19ClN4O/c1-2-25(14-15-7-4-3-5-8-15)19(26)18-11-12-22-20(24-18)23-17-10-6-9-16(21)13-17/h3-13H,2,14H2,1H3,(H,22,23,24). The fraction of sp³-hybridized carbons (Fsp3) is 0.150. The second-order valence-corrected chi connectivity index (χ2v) is 6.14. The molecule has 0 fully saturated rings. The van der Waals surface area contributed by atoms with Gasteiger partial charge in [0, 0.05) is 30.0 Å². The van der Waals surface area contributed by atoms with Crippen LogP contribution in [0.1, 0.15) is 23.0 Å². The van der Waals surface area contributed by atoms with E-state index >= 15 is 0 Å². The van der Waals surface area contributed by atoms with Gasteiger partial charge in [-0.3, -0.25) is 4.79 Å². The summed E-state index contributed by atoms with van der Waals surface area (Å²) in [7, 11) is 0.